The van der Waals surface area contributed by atoms with E-state index in [1.807, 2.05) is 0 Å². The number of benzene rings is 2. The van der Waals surface area contributed by atoms with E-state index in [1.165, 1.54) is 38.4 Å². The van der Waals surface area contributed by atoms with Crippen LogP contribution in [-0.2, 0) is 19.6 Å². The van der Waals surface area contributed by atoms with Gasteiger partial charge in [0.05, 0.1) is 15.5 Å². The number of sulfonamides is 1. The molecule has 0 unspecified atom stereocenters. The lowest BCUT2D eigenvalue weighted by atomic mass is 10.2. The van der Waals surface area contributed by atoms with E-state index in [0.717, 1.165) is 4.31 Å². The first kappa shape index (κ1) is 20.9. The van der Waals surface area contributed by atoms with Gasteiger partial charge < -0.3 is 10.1 Å². The van der Waals surface area contributed by atoms with Gasteiger partial charge in [-0.15, -0.1) is 0 Å². The van der Waals surface area contributed by atoms with Crippen LogP contribution < -0.4 is 5.32 Å². The zero-order chi connectivity index (χ0) is 20.2. The van der Waals surface area contributed by atoms with E-state index >= 15 is 0 Å². The van der Waals surface area contributed by atoms with Gasteiger partial charge in [-0.1, -0.05) is 29.8 Å². The van der Waals surface area contributed by atoms with Crippen LogP contribution in [0.1, 0.15) is 15.9 Å². The van der Waals surface area contributed by atoms with Crippen molar-refractivity contribution in [1.82, 2.24) is 4.31 Å². The number of nitrogens with one attached hydrogen (secondary N) is 1. The van der Waals surface area contributed by atoms with Gasteiger partial charge >= 0.3 is 5.97 Å². The molecule has 2 rings (SSSR count). The Morgan fingerprint density at radius 2 is 1.81 bits per heavy atom. The van der Waals surface area contributed by atoms with Crippen molar-refractivity contribution in [3.8, 4) is 0 Å². The molecular weight excluding hydrogens is 392 g/mol. The third kappa shape index (κ3) is 5.06. The van der Waals surface area contributed by atoms with Crippen LogP contribution in [0.25, 0.3) is 0 Å². The van der Waals surface area contributed by atoms with Gasteiger partial charge in [0.25, 0.3) is 5.91 Å². The molecular formula is C18H19ClN2O5S. The molecule has 0 aliphatic carbocycles. The van der Waals surface area contributed by atoms with Gasteiger partial charge in [0.2, 0.25) is 10.0 Å². The highest BCUT2D eigenvalue weighted by Crippen LogP contribution is 2.22. The van der Waals surface area contributed by atoms with Crippen molar-refractivity contribution in [1.29, 1.82) is 0 Å². The van der Waals surface area contributed by atoms with Crippen molar-refractivity contribution in [2.75, 3.05) is 26.0 Å². The maximum Gasteiger partial charge on any atom is 0.340 e. The summed E-state index contributed by atoms with van der Waals surface area (Å²) in [6.45, 7) is 1.19. The molecule has 0 saturated carbocycles. The number of carbonyl (C=O) groups is 2. The van der Waals surface area contributed by atoms with Crippen LogP contribution >= 0.6 is 11.6 Å². The first-order valence-corrected chi connectivity index (χ1v) is 9.69. The van der Waals surface area contributed by atoms with Crippen LogP contribution in [-0.4, -0.2) is 45.3 Å². The number of amides is 1. The molecule has 0 aliphatic rings. The average molecular weight is 411 g/mol. The van der Waals surface area contributed by atoms with Gasteiger partial charge in [-0.2, -0.15) is 0 Å². The second-order valence-electron chi connectivity index (χ2n) is 5.87. The number of anilines is 1. The van der Waals surface area contributed by atoms with Gasteiger partial charge in [0.1, 0.15) is 0 Å². The first-order valence-electron chi connectivity index (χ1n) is 7.87. The molecule has 7 nitrogen and oxygen atoms in total. The quantitative estimate of drug-likeness (QED) is 0.739. The summed E-state index contributed by atoms with van der Waals surface area (Å²) in [5, 5.41) is 2.77. The Balaban J connectivity index is 2.08. The predicted octanol–water partition coefficient (Wildman–Crippen LogP) is 2.69. The molecule has 2 aromatic carbocycles. The second kappa shape index (κ2) is 8.51. The highest BCUT2D eigenvalue weighted by molar-refractivity contribution is 7.89. The lowest BCUT2D eigenvalue weighted by molar-refractivity contribution is -0.119. The summed E-state index contributed by atoms with van der Waals surface area (Å²) >= 11 is 5.91. The number of esters is 1. The molecule has 0 bridgehead atoms. The monoisotopic (exact) mass is 410 g/mol. The largest absolute Gasteiger partial charge is 0.452 e. The number of rotatable bonds is 6. The number of aryl methyl sites for hydroxylation is 1. The molecule has 2 aromatic rings. The molecule has 144 valence electrons. The SMILES string of the molecule is Cc1ccc(S(=O)(=O)N(C)C)cc1NC(=O)COC(=O)c1ccccc1Cl. The molecule has 0 aliphatic heterocycles. The van der Waals surface area contributed by atoms with Crippen LogP contribution in [0.2, 0.25) is 5.02 Å². The van der Waals surface area contributed by atoms with Crippen molar-refractivity contribution in [3.63, 3.8) is 0 Å². The summed E-state index contributed by atoms with van der Waals surface area (Å²) in [5.74, 6) is -1.32. The Hall–Kier alpha value is -2.42. The molecule has 1 N–H and O–H groups in total. The highest BCUT2D eigenvalue weighted by atomic mass is 35.5. The number of carbonyl (C=O) groups excluding carboxylic acids is 2. The topological polar surface area (TPSA) is 92.8 Å². The third-order valence-electron chi connectivity index (χ3n) is 3.69. The molecule has 27 heavy (non-hydrogen) atoms. The summed E-state index contributed by atoms with van der Waals surface area (Å²) in [6.07, 6.45) is 0. The Kier molecular flexibility index (Phi) is 6.59. The van der Waals surface area contributed by atoms with Gasteiger partial charge in [0, 0.05) is 19.8 Å². The standard InChI is InChI=1S/C18H19ClN2O5S/c1-12-8-9-13(27(24,25)21(2)3)10-16(12)20-17(22)11-26-18(23)14-6-4-5-7-15(14)19/h4-10H,11H2,1-3H3,(H,20,22). The maximum absolute atomic E-state index is 12.2. The van der Waals surface area contributed by atoms with E-state index in [4.69, 9.17) is 16.3 Å². The maximum atomic E-state index is 12.2. The van der Waals surface area contributed by atoms with Crippen LogP contribution in [0.5, 0.6) is 0 Å². The summed E-state index contributed by atoms with van der Waals surface area (Å²) in [6, 6.07) is 10.7. The molecule has 9 heteroatoms. The van der Waals surface area contributed by atoms with Crippen molar-refractivity contribution < 1.29 is 22.7 Å². The minimum atomic E-state index is -3.64. The molecule has 0 spiro atoms. The summed E-state index contributed by atoms with van der Waals surface area (Å²) < 4.78 is 30.5. The number of hydrogen-bond acceptors (Lipinski definition) is 5. The molecule has 0 atom stereocenters. The van der Waals surface area contributed by atoms with Crippen molar-refractivity contribution >= 4 is 39.2 Å². The van der Waals surface area contributed by atoms with E-state index in [0.29, 0.717) is 11.3 Å². The fourth-order valence-electron chi connectivity index (χ4n) is 2.13. The average Bonchev–Trinajstić information content (AvgIpc) is 2.61. The summed E-state index contributed by atoms with van der Waals surface area (Å²) in [4.78, 5) is 24.1. The molecule has 0 fully saturated rings. The third-order valence-corrected chi connectivity index (χ3v) is 5.83. The van der Waals surface area contributed by atoms with E-state index < -0.39 is 28.5 Å². The van der Waals surface area contributed by atoms with Crippen molar-refractivity contribution in [3.05, 3.63) is 58.6 Å². The summed E-state index contributed by atoms with van der Waals surface area (Å²) in [5.41, 5.74) is 1.14. The summed E-state index contributed by atoms with van der Waals surface area (Å²) in [7, 11) is -0.800. The molecule has 0 aromatic heterocycles. The second-order valence-corrected chi connectivity index (χ2v) is 8.43. The van der Waals surface area contributed by atoms with Crippen molar-refractivity contribution in [2.24, 2.45) is 0 Å². The molecule has 0 heterocycles. The number of nitrogens with zero attached hydrogens (tertiary/aromatic N) is 1. The lowest BCUT2D eigenvalue weighted by Gasteiger charge is -2.14. The van der Waals surface area contributed by atoms with Crippen LogP contribution in [0, 0.1) is 6.92 Å². The van der Waals surface area contributed by atoms with Gasteiger partial charge in [0.15, 0.2) is 6.61 Å². The van der Waals surface area contributed by atoms with Crippen LogP contribution in [0.15, 0.2) is 47.4 Å². The minimum absolute atomic E-state index is 0.0430. The van der Waals surface area contributed by atoms with Gasteiger partial charge in [-0.05, 0) is 36.8 Å². The fraction of sp³-hybridized carbons (Fsp3) is 0.222. The number of hydrogen-bond donors (Lipinski definition) is 1. The Labute approximate surface area is 162 Å². The van der Waals surface area contributed by atoms with E-state index in [-0.39, 0.29) is 15.5 Å². The molecule has 1 amide bonds. The van der Waals surface area contributed by atoms with Crippen molar-refractivity contribution in [2.45, 2.75) is 11.8 Å². The van der Waals surface area contributed by atoms with E-state index in [9.17, 15) is 18.0 Å². The highest BCUT2D eigenvalue weighted by Gasteiger charge is 2.19. The van der Waals surface area contributed by atoms with E-state index in [2.05, 4.69) is 5.32 Å². The minimum Gasteiger partial charge on any atom is -0.452 e. The molecule has 0 radical (unpaired) electrons. The first-order chi connectivity index (χ1) is 12.6. The predicted molar refractivity (Wildman–Crippen MR) is 102 cm³/mol. The number of halogens is 1. The normalized spacial score (nSPS) is 11.3. The molecule has 0 saturated heterocycles. The smallest absolute Gasteiger partial charge is 0.340 e. The zero-order valence-corrected chi connectivity index (χ0v) is 16.6. The Morgan fingerprint density at radius 1 is 1.15 bits per heavy atom. The Morgan fingerprint density at radius 3 is 2.44 bits per heavy atom. The number of ether oxygens (including phenoxy) is 1. The Bertz CT molecular complexity index is 973. The van der Waals surface area contributed by atoms with Crippen LogP contribution in [0.4, 0.5) is 5.69 Å². The van der Waals surface area contributed by atoms with E-state index in [1.54, 1.807) is 25.1 Å². The van der Waals surface area contributed by atoms with Gasteiger partial charge in [-0.3, -0.25) is 4.79 Å². The fourth-order valence-corrected chi connectivity index (χ4v) is 3.27. The lowest BCUT2D eigenvalue weighted by Crippen LogP contribution is -2.23. The van der Waals surface area contributed by atoms with Gasteiger partial charge in [-0.25, -0.2) is 17.5 Å². The van der Waals surface area contributed by atoms with Crippen LogP contribution in [0.3, 0.4) is 0 Å². The zero-order valence-electron chi connectivity index (χ0n) is 15.0.